The Morgan fingerprint density at radius 2 is 1.93 bits per heavy atom. The van der Waals surface area contributed by atoms with Crippen LogP contribution >= 0.6 is 23.1 Å². The zero-order valence-corrected chi connectivity index (χ0v) is 10.3. The minimum absolute atomic E-state index is 0.245. The van der Waals surface area contributed by atoms with E-state index in [9.17, 15) is 8.42 Å². The van der Waals surface area contributed by atoms with Gasteiger partial charge in [0.15, 0.2) is 0 Å². The number of thiophene rings is 1. The third kappa shape index (κ3) is 5.17. The van der Waals surface area contributed by atoms with Crippen LogP contribution in [0.5, 0.6) is 0 Å². The lowest BCUT2D eigenvalue weighted by Crippen LogP contribution is -2.13. The fourth-order valence-corrected chi connectivity index (χ4v) is 2.91. The molecule has 2 heterocycles. The normalized spacial score (nSPS) is 15.1. The van der Waals surface area contributed by atoms with Crippen LogP contribution in [0.1, 0.15) is 0 Å². The standard InChI is InChI=1S/C5H7NO2S2.C4H4S/c6-10(7,8)5-3-1-2-4-9-5;1-2-4-5-3-1/h1-3H,4H2,(H2,6,7,8);1-4H. The van der Waals surface area contributed by atoms with Crippen molar-refractivity contribution in [1.82, 2.24) is 0 Å². The average Bonchev–Trinajstić information content (AvgIpc) is 2.76. The number of sulfonamides is 1. The molecule has 0 radical (unpaired) electrons. The van der Waals surface area contributed by atoms with Crippen molar-refractivity contribution in [2.75, 3.05) is 5.75 Å². The Hall–Kier alpha value is -0.560. The van der Waals surface area contributed by atoms with Crippen molar-refractivity contribution in [3.63, 3.8) is 0 Å². The second-order valence-corrected chi connectivity index (χ2v) is 6.23. The van der Waals surface area contributed by atoms with Gasteiger partial charge in [0.1, 0.15) is 4.24 Å². The molecule has 1 aromatic rings. The molecule has 6 heteroatoms. The van der Waals surface area contributed by atoms with Gasteiger partial charge in [0.25, 0.3) is 0 Å². The molecule has 0 bridgehead atoms. The largest absolute Gasteiger partial charge is 0.244 e. The molecule has 82 valence electrons. The van der Waals surface area contributed by atoms with E-state index in [0.717, 1.165) is 0 Å². The second-order valence-electron chi connectivity index (χ2n) is 2.56. The maximum atomic E-state index is 10.6. The fourth-order valence-electron chi connectivity index (χ4n) is 0.784. The monoisotopic (exact) mass is 261 g/mol. The van der Waals surface area contributed by atoms with Crippen LogP contribution in [0.15, 0.2) is 45.4 Å². The molecule has 2 N–H and O–H groups in total. The molecule has 0 spiro atoms. The van der Waals surface area contributed by atoms with Crippen LogP contribution in [0.3, 0.4) is 0 Å². The minimum atomic E-state index is -3.45. The van der Waals surface area contributed by atoms with Gasteiger partial charge in [0.2, 0.25) is 10.0 Å². The van der Waals surface area contributed by atoms with E-state index >= 15 is 0 Å². The summed E-state index contributed by atoms with van der Waals surface area (Å²) in [6.07, 6.45) is 5.07. The lowest BCUT2D eigenvalue weighted by atomic mass is 10.5. The smallest absolute Gasteiger partial charge is 0.224 e. The number of nitrogens with two attached hydrogens (primary N) is 1. The molecule has 3 nitrogen and oxygen atoms in total. The summed E-state index contributed by atoms with van der Waals surface area (Å²) < 4.78 is 21.5. The van der Waals surface area contributed by atoms with E-state index in [2.05, 4.69) is 0 Å². The molecule has 1 aliphatic heterocycles. The van der Waals surface area contributed by atoms with E-state index in [1.165, 1.54) is 17.8 Å². The third-order valence-corrected chi connectivity index (χ3v) is 4.55. The molecule has 2 rings (SSSR count). The molecule has 1 aromatic heterocycles. The third-order valence-electron chi connectivity index (χ3n) is 1.40. The summed E-state index contributed by atoms with van der Waals surface area (Å²) in [4.78, 5) is 0. The summed E-state index contributed by atoms with van der Waals surface area (Å²) in [5.74, 6) is 0.683. The van der Waals surface area contributed by atoms with E-state index in [-0.39, 0.29) is 4.24 Å². The number of rotatable bonds is 1. The van der Waals surface area contributed by atoms with Gasteiger partial charge in [-0.2, -0.15) is 11.3 Å². The quantitative estimate of drug-likeness (QED) is 0.842. The van der Waals surface area contributed by atoms with Gasteiger partial charge in [0, 0.05) is 5.75 Å². The van der Waals surface area contributed by atoms with Crippen LogP contribution in [0.4, 0.5) is 0 Å². The van der Waals surface area contributed by atoms with Crippen molar-refractivity contribution in [2.24, 2.45) is 5.14 Å². The molecular weight excluding hydrogens is 250 g/mol. The molecule has 0 saturated heterocycles. The van der Waals surface area contributed by atoms with Crippen LogP contribution in [-0.4, -0.2) is 14.2 Å². The van der Waals surface area contributed by atoms with Gasteiger partial charge >= 0.3 is 0 Å². The molecule has 0 aliphatic carbocycles. The predicted molar refractivity (Wildman–Crippen MR) is 67.1 cm³/mol. The zero-order valence-electron chi connectivity index (χ0n) is 7.87. The first-order valence-corrected chi connectivity index (χ1v) is 7.58. The highest BCUT2D eigenvalue weighted by molar-refractivity contribution is 8.18. The Labute approximate surface area is 97.7 Å². The second kappa shape index (κ2) is 6.12. The summed E-state index contributed by atoms with van der Waals surface area (Å²) in [7, 11) is -3.45. The van der Waals surface area contributed by atoms with Gasteiger partial charge in [-0.25, -0.2) is 13.6 Å². The van der Waals surface area contributed by atoms with Crippen LogP contribution in [-0.2, 0) is 10.0 Å². The van der Waals surface area contributed by atoms with Gasteiger partial charge in [-0.05, 0) is 16.8 Å². The number of hydrogen-bond donors (Lipinski definition) is 1. The highest BCUT2D eigenvalue weighted by Crippen LogP contribution is 2.22. The van der Waals surface area contributed by atoms with Gasteiger partial charge in [-0.1, -0.05) is 24.3 Å². The summed E-state index contributed by atoms with van der Waals surface area (Å²) in [5.41, 5.74) is 0. The lowest BCUT2D eigenvalue weighted by Gasteiger charge is -2.03. The molecule has 0 aromatic carbocycles. The Morgan fingerprint density at radius 1 is 1.27 bits per heavy atom. The van der Waals surface area contributed by atoms with Crippen molar-refractivity contribution in [3.8, 4) is 0 Å². The molecule has 15 heavy (non-hydrogen) atoms. The molecule has 0 amide bonds. The van der Waals surface area contributed by atoms with Crippen LogP contribution in [0, 0.1) is 0 Å². The Balaban J connectivity index is 0.000000187. The van der Waals surface area contributed by atoms with Crippen molar-refractivity contribution in [2.45, 2.75) is 0 Å². The average molecular weight is 261 g/mol. The minimum Gasteiger partial charge on any atom is -0.224 e. The maximum Gasteiger partial charge on any atom is 0.244 e. The van der Waals surface area contributed by atoms with Crippen LogP contribution in [0.25, 0.3) is 0 Å². The maximum absolute atomic E-state index is 10.6. The van der Waals surface area contributed by atoms with E-state index < -0.39 is 10.0 Å². The van der Waals surface area contributed by atoms with Gasteiger partial charge in [-0.15, -0.1) is 11.8 Å². The molecule has 0 saturated carbocycles. The predicted octanol–water partition coefficient (Wildman–Crippen LogP) is 2.17. The molecule has 0 unspecified atom stereocenters. The Bertz CT molecular complexity index is 415. The van der Waals surface area contributed by atoms with Crippen LogP contribution < -0.4 is 5.14 Å². The van der Waals surface area contributed by atoms with Crippen molar-refractivity contribution in [3.05, 3.63) is 45.4 Å². The van der Waals surface area contributed by atoms with Crippen LogP contribution in [0.2, 0.25) is 0 Å². The number of hydrogen-bond acceptors (Lipinski definition) is 4. The topological polar surface area (TPSA) is 60.2 Å². The fraction of sp³-hybridized carbons (Fsp3) is 0.111. The highest BCUT2D eigenvalue weighted by Gasteiger charge is 2.12. The molecular formula is C9H11NO2S3. The summed E-state index contributed by atoms with van der Waals surface area (Å²) in [5, 5.41) is 8.94. The van der Waals surface area contributed by atoms with Gasteiger partial charge < -0.3 is 0 Å². The Morgan fingerprint density at radius 3 is 2.20 bits per heavy atom. The highest BCUT2D eigenvalue weighted by atomic mass is 32.3. The molecule has 1 aliphatic rings. The number of allylic oxidation sites excluding steroid dienone is 2. The Kier molecular flexibility index (Phi) is 5.10. The van der Waals surface area contributed by atoms with Crippen molar-refractivity contribution in [1.29, 1.82) is 0 Å². The summed E-state index contributed by atoms with van der Waals surface area (Å²) in [6, 6.07) is 4.04. The lowest BCUT2D eigenvalue weighted by molar-refractivity contribution is 0.605. The number of thioether (sulfide) groups is 1. The summed E-state index contributed by atoms with van der Waals surface area (Å²) >= 11 is 2.94. The number of primary sulfonamides is 1. The van der Waals surface area contributed by atoms with Gasteiger partial charge in [0.05, 0.1) is 0 Å². The van der Waals surface area contributed by atoms with Crippen molar-refractivity contribution >= 4 is 33.1 Å². The van der Waals surface area contributed by atoms with Crippen molar-refractivity contribution < 1.29 is 8.42 Å². The first kappa shape index (κ1) is 12.5. The summed E-state index contributed by atoms with van der Waals surface area (Å²) in [6.45, 7) is 0. The van der Waals surface area contributed by atoms with E-state index in [1.807, 2.05) is 29.0 Å². The van der Waals surface area contributed by atoms with Gasteiger partial charge in [-0.3, -0.25) is 0 Å². The van der Waals surface area contributed by atoms with E-state index in [0.29, 0.717) is 5.75 Å². The van der Waals surface area contributed by atoms with E-state index in [1.54, 1.807) is 17.4 Å². The first-order valence-electron chi connectivity index (χ1n) is 4.10. The SMILES string of the molecule is NS(=O)(=O)C1=CC=CCS1.c1ccsc1. The van der Waals surface area contributed by atoms with E-state index in [4.69, 9.17) is 5.14 Å². The first-order chi connectivity index (χ1) is 7.11. The molecule has 0 fully saturated rings. The zero-order chi connectivity index (χ0) is 11.1. The molecule has 0 atom stereocenters.